The fraction of sp³-hybridized carbons (Fsp3) is 0.432. The van der Waals surface area contributed by atoms with Crippen LogP contribution >= 0.6 is 0 Å². The van der Waals surface area contributed by atoms with Gasteiger partial charge in [0.2, 0.25) is 11.8 Å². The Bertz CT molecular complexity index is 2000. The van der Waals surface area contributed by atoms with Gasteiger partial charge in [-0.05, 0) is 95.2 Å². The van der Waals surface area contributed by atoms with E-state index in [2.05, 4.69) is 99.9 Å². The quantitative estimate of drug-likeness (QED) is 0.168. The van der Waals surface area contributed by atoms with Crippen LogP contribution in [0.4, 0.5) is 9.59 Å². The van der Waals surface area contributed by atoms with E-state index in [1.54, 1.807) is 11.2 Å². The number of hydrogen-bond acceptors (Lipinski definition) is 7. The van der Waals surface area contributed by atoms with Gasteiger partial charge in [-0.3, -0.25) is 9.59 Å². The van der Waals surface area contributed by atoms with Gasteiger partial charge in [0.1, 0.15) is 12.6 Å². The van der Waals surface area contributed by atoms with Gasteiger partial charge >= 0.3 is 12.2 Å². The SMILES string of the molecule is CCC.COC(=O)NCC(=O)N1CCCC1.COC(=O)N[C@H](C(=O)N1CCC[C@H]1C1=Cc2cc(-c3ccc(-c4ccc5nc[nH]c5c4)cc3)ccc2C1)C(C)C. The number of aromatic nitrogens is 2. The van der Waals surface area contributed by atoms with Crippen molar-refractivity contribution in [1.82, 2.24) is 30.4 Å². The molecule has 56 heavy (non-hydrogen) atoms. The van der Waals surface area contributed by atoms with E-state index in [1.165, 1.54) is 48.5 Å². The number of likely N-dealkylation sites (tertiary alicyclic amines) is 2. The van der Waals surface area contributed by atoms with Gasteiger partial charge in [0.25, 0.3) is 0 Å². The van der Waals surface area contributed by atoms with Crippen molar-refractivity contribution in [3.05, 3.63) is 83.7 Å². The van der Waals surface area contributed by atoms with Crippen LogP contribution in [0, 0.1) is 5.92 Å². The Labute approximate surface area is 330 Å². The first-order chi connectivity index (χ1) is 27.1. The van der Waals surface area contributed by atoms with Gasteiger partial charge in [0, 0.05) is 19.6 Å². The molecule has 3 aliphatic rings. The van der Waals surface area contributed by atoms with Crippen molar-refractivity contribution in [2.45, 2.75) is 78.3 Å². The minimum absolute atomic E-state index is 0.0344. The summed E-state index contributed by atoms with van der Waals surface area (Å²) < 4.78 is 9.11. The van der Waals surface area contributed by atoms with Crippen LogP contribution in [-0.2, 0) is 25.5 Å². The number of H-pyrrole nitrogens is 1. The summed E-state index contributed by atoms with van der Waals surface area (Å²) in [6.45, 7) is 10.5. The monoisotopic (exact) mass is 764 g/mol. The third-order valence-corrected chi connectivity index (χ3v) is 10.2. The summed E-state index contributed by atoms with van der Waals surface area (Å²) in [5, 5.41) is 5.10. The Balaban J connectivity index is 0.000000315. The molecule has 3 aromatic carbocycles. The summed E-state index contributed by atoms with van der Waals surface area (Å²) in [7, 11) is 2.59. The zero-order valence-electron chi connectivity index (χ0n) is 33.5. The first-order valence-electron chi connectivity index (χ1n) is 19.7. The number of alkyl carbamates (subject to hydrolysis) is 2. The number of ether oxygens (including phenoxy) is 2. The lowest BCUT2D eigenvalue weighted by Gasteiger charge is -2.31. The zero-order valence-corrected chi connectivity index (χ0v) is 33.5. The Morgan fingerprint density at radius 1 is 0.839 bits per heavy atom. The van der Waals surface area contributed by atoms with Crippen LogP contribution in [0.5, 0.6) is 0 Å². The van der Waals surface area contributed by atoms with E-state index in [1.807, 2.05) is 24.8 Å². The number of nitrogens with one attached hydrogen (secondary N) is 3. The van der Waals surface area contributed by atoms with Crippen molar-refractivity contribution in [3.63, 3.8) is 0 Å². The minimum atomic E-state index is -0.603. The Hall–Kier alpha value is -5.65. The molecule has 298 valence electrons. The maximum Gasteiger partial charge on any atom is 0.407 e. The summed E-state index contributed by atoms with van der Waals surface area (Å²) in [6, 6.07) is 21.0. The molecule has 0 spiro atoms. The van der Waals surface area contributed by atoms with Crippen molar-refractivity contribution >= 4 is 41.1 Å². The minimum Gasteiger partial charge on any atom is -0.453 e. The number of carbonyl (C=O) groups is 4. The number of amides is 4. The molecule has 4 amide bonds. The van der Waals surface area contributed by atoms with Crippen LogP contribution in [-0.4, -0.2) is 96.3 Å². The van der Waals surface area contributed by atoms with Gasteiger partial charge in [-0.1, -0.05) is 82.7 Å². The number of aromatic amines is 1. The van der Waals surface area contributed by atoms with Gasteiger partial charge in [-0.2, -0.15) is 0 Å². The third kappa shape index (κ3) is 10.3. The van der Waals surface area contributed by atoms with Crippen molar-refractivity contribution in [2.75, 3.05) is 40.4 Å². The number of rotatable bonds is 8. The van der Waals surface area contributed by atoms with Crippen molar-refractivity contribution in [3.8, 4) is 22.3 Å². The van der Waals surface area contributed by atoms with Crippen LogP contribution in [0.2, 0.25) is 0 Å². The third-order valence-electron chi connectivity index (χ3n) is 10.2. The molecule has 12 heteroatoms. The first-order valence-corrected chi connectivity index (χ1v) is 19.7. The molecule has 2 atom stereocenters. The fourth-order valence-corrected chi connectivity index (χ4v) is 7.32. The molecule has 1 aromatic heterocycles. The highest BCUT2D eigenvalue weighted by Gasteiger charge is 2.38. The van der Waals surface area contributed by atoms with Crippen molar-refractivity contribution < 1.29 is 28.7 Å². The van der Waals surface area contributed by atoms with Crippen LogP contribution in [0.25, 0.3) is 39.4 Å². The second-order valence-corrected chi connectivity index (χ2v) is 14.7. The molecule has 2 aliphatic heterocycles. The molecule has 2 fully saturated rings. The number of carbonyl (C=O) groups excluding carboxylic acids is 4. The summed E-state index contributed by atoms with van der Waals surface area (Å²) in [4.78, 5) is 58.6. The second-order valence-electron chi connectivity index (χ2n) is 14.7. The maximum absolute atomic E-state index is 13.5. The van der Waals surface area contributed by atoms with Crippen molar-refractivity contribution in [1.29, 1.82) is 0 Å². The zero-order chi connectivity index (χ0) is 40.2. The van der Waals surface area contributed by atoms with Crippen LogP contribution < -0.4 is 10.6 Å². The van der Waals surface area contributed by atoms with E-state index in [9.17, 15) is 19.2 Å². The highest BCUT2D eigenvalue weighted by molar-refractivity contribution is 5.87. The number of imidazole rings is 1. The predicted octanol–water partition coefficient (Wildman–Crippen LogP) is 7.59. The summed E-state index contributed by atoms with van der Waals surface area (Å²) in [5.74, 6) is -0.111. The van der Waals surface area contributed by atoms with Crippen LogP contribution in [0.3, 0.4) is 0 Å². The van der Waals surface area contributed by atoms with E-state index in [0.717, 1.165) is 67.4 Å². The molecule has 0 unspecified atom stereocenters. The Morgan fingerprint density at radius 3 is 2.11 bits per heavy atom. The summed E-state index contributed by atoms with van der Waals surface area (Å²) >= 11 is 0. The molecule has 12 nitrogen and oxygen atoms in total. The van der Waals surface area contributed by atoms with E-state index in [-0.39, 0.29) is 30.3 Å². The van der Waals surface area contributed by atoms with E-state index in [4.69, 9.17) is 4.74 Å². The molecule has 0 saturated carbocycles. The smallest absolute Gasteiger partial charge is 0.407 e. The van der Waals surface area contributed by atoms with E-state index in [0.29, 0.717) is 6.54 Å². The van der Waals surface area contributed by atoms with Crippen LogP contribution in [0.1, 0.15) is 70.9 Å². The molecule has 4 aromatic rings. The van der Waals surface area contributed by atoms with Gasteiger partial charge in [-0.25, -0.2) is 14.6 Å². The number of nitrogens with zero attached hydrogens (tertiary/aromatic N) is 3. The standard InChI is InChI=1S/C33H34N4O3.C8H14N2O3.C3H8/c1-20(2)31(36-33(39)40-3)32(38)37-14-4-5-30(37)27-16-24-11-10-23(15-26(24)17-27)21-6-8-22(9-7-21)25-12-13-28-29(18-25)35-19-34-28;1-13-8(12)9-6-7(11)10-4-2-3-5-10;1-3-2/h6-13,15,17-20,30-31H,4-5,14,16H2,1-3H3,(H,34,35)(H,36,39);2-6H2,1H3,(H,9,12);3H2,1-2H3/t30-,31-;;/m0../s1. The van der Waals surface area contributed by atoms with Crippen LogP contribution in [0.15, 0.2) is 72.6 Å². The van der Waals surface area contributed by atoms with Gasteiger partial charge in [0.15, 0.2) is 0 Å². The molecule has 1 aliphatic carbocycles. The highest BCUT2D eigenvalue weighted by Crippen LogP contribution is 2.36. The average Bonchev–Trinajstić information content (AvgIpc) is 4.05. The molecule has 0 bridgehead atoms. The van der Waals surface area contributed by atoms with E-state index >= 15 is 0 Å². The lowest BCUT2D eigenvalue weighted by atomic mass is 9.97. The molecular weight excluding hydrogens is 709 g/mol. The van der Waals surface area contributed by atoms with E-state index < -0.39 is 18.2 Å². The molecule has 2 saturated heterocycles. The molecule has 3 N–H and O–H groups in total. The fourth-order valence-electron chi connectivity index (χ4n) is 7.32. The number of fused-ring (bicyclic) bond motifs is 2. The Morgan fingerprint density at radius 2 is 1.46 bits per heavy atom. The number of benzene rings is 3. The number of hydrogen-bond donors (Lipinski definition) is 3. The average molecular weight is 765 g/mol. The molecule has 3 heterocycles. The number of methoxy groups -OCH3 is 2. The summed E-state index contributed by atoms with van der Waals surface area (Å²) in [5.41, 5.74) is 10.4. The molecule has 7 rings (SSSR count). The normalized spacial score (nSPS) is 16.2. The Kier molecular flexibility index (Phi) is 14.7. The molecule has 0 radical (unpaired) electrons. The highest BCUT2D eigenvalue weighted by atomic mass is 16.5. The topological polar surface area (TPSA) is 146 Å². The van der Waals surface area contributed by atoms with Gasteiger partial charge in [0.05, 0.1) is 37.6 Å². The lowest BCUT2D eigenvalue weighted by molar-refractivity contribution is -0.134. The largest absolute Gasteiger partial charge is 0.453 e. The second kappa shape index (κ2) is 19.8. The summed E-state index contributed by atoms with van der Waals surface area (Å²) in [6.07, 6.45) is 8.95. The molecular formula is C44H56N6O6. The van der Waals surface area contributed by atoms with Gasteiger partial charge in [-0.15, -0.1) is 0 Å². The van der Waals surface area contributed by atoms with Crippen molar-refractivity contribution in [2.24, 2.45) is 5.92 Å². The van der Waals surface area contributed by atoms with Gasteiger partial charge < -0.3 is 34.9 Å². The maximum atomic E-state index is 13.5. The first kappa shape index (κ1) is 41.5. The predicted molar refractivity (Wildman–Crippen MR) is 220 cm³/mol. The lowest BCUT2D eigenvalue weighted by Crippen LogP contribution is -2.52.